The monoisotopic (exact) mass is 390 g/mol. The van der Waals surface area contributed by atoms with Crippen LogP contribution in [0.2, 0.25) is 0 Å². The smallest absolute Gasteiger partial charge is 0.337 e. The third-order valence-electron chi connectivity index (χ3n) is 8.59. The van der Waals surface area contributed by atoms with Crippen LogP contribution in [0.15, 0.2) is 23.8 Å². The summed E-state index contributed by atoms with van der Waals surface area (Å²) in [7, 11) is 1.20. The standard InChI is InChI=1S/C22H30O6/c1-20-8-6-13(23)10-12(20)4-5-14-15-7-9-22(27,18(25)19(26)28-3)21(15,2)11-16(24)17(14)20/h6,8,10,14-18,24-25,27H,4-5,7,9,11H2,1-3H3/t14?,15?,16?,17?,18-,20-,21-,22-/m0/s1. The topological polar surface area (TPSA) is 104 Å². The maximum absolute atomic E-state index is 12.0. The molecule has 4 unspecified atom stereocenters. The number of allylic oxidation sites excluding steroid dienone is 4. The highest BCUT2D eigenvalue weighted by Gasteiger charge is 2.68. The summed E-state index contributed by atoms with van der Waals surface area (Å²) in [5.41, 5.74) is -1.70. The van der Waals surface area contributed by atoms with Gasteiger partial charge in [-0.05, 0) is 56.1 Å². The Labute approximate surface area is 165 Å². The maximum atomic E-state index is 12.0. The molecule has 8 atom stereocenters. The van der Waals surface area contributed by atoms with Gasteiger partial charge in [-0.25, -0.2) is 4.79 Å². The van der Waals surface area contributed by atoms with Crippen LogP contribution in [0.4, 0.5) is 0 Å². The van der Waals surface area contributed by atoms with E-state index in [-0.39, 0.29) is 29.0 Å². The minimum Gasteiger partial charge on any atom is -0.467 e. The number of carbonyl (C=O) groups is 2. The van der Waals surface area contributed by atoms with Crippen molar-refractivity contribution in [2.45, 2.75) is 63.8 Å². The van der Waals surface area contributed by atoms with Crippen LogP contribution in [-0.2, 0) is 14.3 Å². The van der Waals surface area contributed by atoms with E-state index >= 15 is 0 Å². The molecule has 0 bridgehead atoms. The number of hydrogen-bond donors (Lipinski definition) is 3. The van der Waals surface area contributed by atoms with Crippen molar-refractivity contribution >= 4 is 11.8 Å². The lowest BCUT2D eigenvalue weighted by Crippen LogP contribution is -2.63. The summed E-state index contributed by atoms with van der Waals surface area (Å²) in [4.78, 5) is 23.9. The number of aliphatic hydroxyl groups excluding tert-OH is 2. The van der Waals surface area contributed by atoms with Crippen LogP contribution in [0, 0.1) is 28.6 Å². The van der Waals surface area contributed by atoms with Crippen molar-refractivity contribution in [3.05, 3.63) is 23.8 Å². The molecule has 4 aliphatic carbocycles. The van der Waals surface area contributed by atoms with Crippen LogP contribution >= 0.6 is 0 Å². The van der Waals surface area contributed by atoms with E-state index < -0.39 is 29.2 Å². The first-order chi connectivity index (χ1) is 13.1. The Bertz CT molecular complexity index is 771. The molecular formula is C22H30O6. The van der Waals surface area contributed by atoms with Gasteiger partial charge in [0.05, 0.1) is 13.2 Å². The van der Waals surface area contributed by atoms with Crippen LogP contribution in [0.5, 0.6) is 0 Å². The van der Waals surface area contributed by atoms with E-state index in [1.54, 1.807) is 12.2 Å². The Kier molecular flexibility index (Phi) is 4.42. The van der Waals surface area contributed by atoms with Gasteiger partial charge in [0.25, 0.3) is 0 Å². The fourth-order valence-corrected chi connectivity index (χ4v) is 7.12. The molecule has 0 saturated heterocycles. The second kappa shape index (κ2) is 6.25. The molecule has 28 heavy (non-hydrogen) atoms. The van der Waals surface area contributed by atoms with Gasteiger partial charge >= 0.3 is 5.97 Å². The highest BCUT2D eigenvalue weighted by Crippen LogP contribution is 2.67. The fraction of sp³-hybridized carbons (Fsp3) is 0.727. The first-order valence-electron chi connectivity index (χ1n) is 10.2. The molecule has 0 radical (unpaired) electrons. The average molecular weight is 390 g/mol. The molecule has 0 heterocycles. The summed E-state index contributed by atoms with van der Waals surface area (Å²) in [6, 6.07) is 0. The number of rotatable bonds is 2. The van der Waals surface area contributed by atoms with E-state index in [1.807, 2.05) is 13.0 Å². The van der Waals surface area contributed by atoms with E-state index in [1.165, 1.54) is 7.11 Å². The molecule has 4 rings (SSSR count). The highest BCUT2D eigenvalue weighted by atomic mass is 16.5. The lowest BCUT2D eigenvalue weighted by atomic mass is 9.46. The Hall–Kier alpha value is -1.50. The molecule has 0 aromatic heterocycles. The van der Waals surface area contributed by atoms with Crippen molar-refractivity contribution in [2.24, 2.45) is 28.6 Å². The van der Waals surface area contributed by atoms with Crippen LogP contribution in [0.1, 0.15) is 46.0 Å². The second-order valence-electron chi connectivity index (χ2n) is 9.60. The van der Waals surface area contributed by atoms with Crippen LogP contribution in [-0.4, -0.2) is 52.0 Å². The number of ether oxygens (including phenoxy) is 1. The van der Waals surface area contributed by atoms with E-state index in [0.717, 1.165) is 18.4 Å². The Morgan fingerprint density at radius 1 is 1.32 bits per heavy atom. The highest BCUT2D eigenvalue weighted by molar-refractivity contribution is 6.01. The molecule has 0 spiro atoms. The second-order valence-corrected chi connectivity index (χ2v) is 9.60. The van der Waals surface area contributed by atoms with E-state index in [9.17, 15) is 24.9 Å². The maximum Gasteiger partial charge on any atom is 0.337 e. The van der Waals surface area contributed by atoms with Gasteiger partial charge in [0.1, 0.15) is 5.60 Å². The van der Waals surface area contributed by atoms with Gasteiger partial charge in [0, 0.05) is 16.7 Å². The average Bonchev–Trinajstić information content (AvgIpc) is 2.92. The molecule has 6 nitrogen and oxygen atoms in total. The lowest BCUT2D eigenvalue weighted by Gasteiger charge is -2.60. The van der Waals surface area contributed by atoms with Crippen molar-refractivity contribution < 1.29 is 29.6 Å². The molecule has 3 N–H and O–H groups in total. The summed E-state index contributed by atoms with van der Waals surface area (Å²) in [5.74, 6) is -0.664. The molecule has 3 fully saturated rings. The number of ketones is 1. The minimum absolute atomic E-state index is 0.00231. The Morgan fingerprint density at radius 3 is 2.71 bits per heavy atom. The quantitative estimate of drug-likeness (QED) is 0.618. The summed E-state index contributed by atoms with van der Waals surface area (Å²) >= 11 is 0. The number of methoxy groups -OCH3 is 1. The van der Waals surface area contributed by atoms with Crippen molar-refractivity contribution in [1.82, 2.24) is 0 Å². The van der Waals surface area contributed by atoms with Gasteiger partial charge in [-0.15, -0.1) is 0 Å². The Morgan fingerprint density at radius 2 is 2.04 bits per heavy atom. The third kappa shape index (κ3) is 2.37. The SMILES string of the molecule is COC(=O)[C@H](O)[C@@]1(O)CCC2C3CCC4=CC(=O)C=C[C@]4(C)C3C(O)C[C@@]21C. The predicted octanol–water partition coefficient (Wildman–Crippen LogP) is 1.53. The normalized spacial score (nSPS) is 48.2. The fourth-order valence-electron chi connectivity index (χ4n) is 7.12. The summed E-state index contributed by atoms with van der Waals surface area (Å²) in [6.45, 7) is 3.99. The van der Waals surface area contributed by atoms with Gasteiger partial charge in [-0.3, -0.25) is 4.79 Å². The largest absolute Gasteiger partial charge is 0.467 e. The number of hydrogen-bond acceptors (Lipinski definition) is 6. The molecule has 0 amide bonds. The van der Waals surface area contributed by atoms with Crippen LogP contribution in [0.3, 0.4) is 0 Å². The van der Waals surface area contributed by atoms with Crippen molar-refractivity contribution in [3.8, 4) is 0 Å². The molecule has 6 heteroatoms. The number of esters is 1. The molecule has 4 aliphatic rings. The molecule has 0 aromatic rings. The molecule has 3 saturated carbocycles. The minimum atomic E-state index is -1.63. The summed E-state index contributed by atoms with van der Waals surface area (Å²) < 4.78 is 4.68. The van der Waals surface area contributed by atoms with Crippen molar-refractivity contribution in [3.63, 3.8) is 0 Å². The predicted molar refractivity (Wildman–Crippen MR) is 101 cm³/mol. The number of carbonyl (C=O) groups excluding carboxylic acids is 2. The van der Waals surface area contributed by atoms with Crippen molar-refractivity contribution in [1.29, 1.82) is 0 Å². The lowest BCUT2D eigenvalue weighted by molar-refractivity contribution is -0.209. The first kappa shape index (κ1) is 19.8. The zero-order chi connectivity index (χ0) is 20.5. The molecule has 154 valence electrons. The molecule has 0 aliphatic heterocycles. The molecular weight excluding hydrogens is 360 g/mol. The van der Waals surface area contributed by atoms with Crippen LogP contribution in [0.25, 0.3) is 0 Å². The van der Waals surface area contributed by atoms with Gasteiger partial charge in [0.2, 0.25) is 0 Å². The van der Waals surface area contributed by atoms with Crippen molar-refractivity contribution in [2.75, 3.05) is 7.11 Å². The zero-order valence-corrected chi connectivity index (χ0v) is 16.7. The third-order valence-corrected chi connectivity index (χ3v) is 8.59. The summed E-state index contributed by atoms with van der Waals surface area (Å²) in [6.07, 6.45) is 5.82. The number of aliphatic hydroxyl groups is 3. The Balaban J connectivity index is 1.72. The summed E-state index contributed by atoms with van der Waals surface area (Å²) in [5, 5.41) is 33.2. The van der Waals surface area contributed by atoms with E-state index in [4.69, 9.17) is 0 Å². The van der Waals surface area contributed by atoms with Gasteiger partial charge in [-0.2, -0.15) is 0 Å². The molecule has 0 aromatic carbocycles. The number of fused-ring (bicyclic) bond motifs is 5. The van der Waals surface area contributed by atoms with E-state index in [2.05, 4.69) is 11.7 Å². The van der Waals surface area contributed by atoms with Gasteiger partial charge in [0.15, 0.2) is 11.9 Å². The van der Waals surface area contributed by atoms with Crippen LogP contribution < -0.4 is 0 Å². The van der Waals surface area contributed by atoms with E-state index in [0.29, 0.717) is 19.3 Å². The zero-order valence-electron chi connectivity index (χ0n) is 16.7. The van der Waals surface area contributed by atoms with Gasteiger partial charge < -0.3 is 20.1 Å². The van der Waals surface area contributed by atoms with Gasteiger partial charge in [-0.1, -0.05) is 25.5 Å². The first-order valence-corrected chi connectivity index (χ1v) is 10.2.